The van der Waals surface area contributed by atoms with E-state index in [4.69, 9.17) is 4.74 Å². The topological polar surface area (TPSA) is 93.5 Å². The van der Waals surface area contributed by atoms with Gasteiger partial charge >= 0.3 is 5.97 Å². The Morgan fingerprint density at radius 2 is 1.79 bits per heavy atom. The molecule has 8 nitrogen and oxygen atoms in total. The molecule has 2 aromatic rings. The first-order valence-electron chi connectivity index (χ1n) is 11.7. The molecule has 0 saturated heterocycles. The van der Waals surface area contributed by atoms with E-state index in [1.165, 1.54) is 6.92 Å². The largest absolute Gasteiger partial charge is 0.462 e. The third kappa shape index (κ3) is 5.80. The van der Waals surface area contributed by atoms with E-state index in [0.717, 1.165) is 25.7 Å². The summed E-state index contributed by atoms with van der Waals surface area (Å²) in [6.07, 6.45) is 5.36. The molecule has 1 aromatic heterocycles. The molecule has 0 spiro atoms. The third-order valence-electron chi connectivity index (χ3n) is 5.99. The summed E-state index contributed by atoms with van der Waals surface area (Å²) < 4.78 is 6.85. The quantitative estimate of drug-likeness (QED) is 0.618. The molecule has 0 unspecified atom stereocenters. The van der Waals surface area contributed by atoms with Crippen molar-refractivity contribution in [2.45, 2.75) is 66.3 Å². The zero-order valence-corrected chi connectivity index (χ0v) is 20.1. The number of nitrogens with zero attached hydrogens (tertiary/aromatic N) is 3. The predicted octanol–water partition coefficient (Wildman–Crippen LogP) is 4.58. The average molecular weight is 455 g/mol. The zero-order chi connectivity index (χ0) is 24.1. The molecule has 178 valence electrons. The van der Waals surface area contributed by atoms with Crippen molar-refractivity contribution in [1.29, 1.82) is 0 Å². The number of carbonyl (C=O) groups is 3. The molecule has 1 N–H and O–H groups in total. The molecule has 1 fully saturated rings. The summed E-state index contributed by atoms with van der Waals surface area (Å²) in [6, 6.07) is 6.94. The molecule has 0 bridgehead atoms. The fourth-order valence-electron chi connectivity index (χ4n) is 4.24. The number of ether oxygens (including phenoxy) is 1. The van der Waals surface area contributed by atoms with Gasteiger partial charge in [0.05, 0.1) is 12.3 Å². The molecule has 1 aliphatic carbocycles. The Morgan fingerprint density at radius 1 is 1.15 bits per heavy atom. The third-order valence-corrected chi connectivity index (χ3v) is 5.99. The number of rotatable bonds is 7. The van der Waals surface area contributed by atoms with Crippen LogP contribution in [-0.2, 0) is 14.3 Å². The lowest BCUT2D eigenvalue weighted by Crippen LogP contribution is -2.43. The minimum Gasteiger partial charge on any atom is -0.462 e. The van der Waals surface area contributed by atoms with Crippen molar-refractivity contribution >= 4 is 29.3 Å². The number of esters is 1. The number of aromatic nitrogens is 2. The number of anilines is 2. The van der Waals surface area contributed by atoms with Crippen molar-refractivity contribution in [3.05, 3.63) is 36.0 Å². The first-order chi connectivity index (χ1) is 15.7. The van der Waals surface area contributed by atoms with E-state index < -0.39 is 5.97 Å². The lowest BCUT2D eigenvalue weighted by molar-refractivity contribution is -0.124. The van der Waals surface area contributed by atoms with Crippen molar-refractivity contribution < 1.29 is 19.1 Å². The molecule has 0 radical (unpaired) electrons. The summed E-state index contributed by atoms with van der Waals surface area (Å²) in [5.74, 6) is 0.227. The van der Waals surface area contributed by atoms with Crippen LogP contribution in [0.3, 0.4) is 0 Å². The zero-order valence-electron chi connectivity index (χ0n) is 20.1. The van der Waals surface area contributed by atoms with Crippen LogP contribution in [0.4, 0.5) is 11.5 Å². The van der Waals surface area contributed by atoms with Crippen LogP contribution in [-0.4, -0.2) is 40.2 Å². The lowest BCUT2D eigenvalue weighted by atomic mass is 9.82. The van der Waals surface area contributed by atoms with E-state index >= 15 is 0 Å². The Bertz CT molecular complexity index is 988. The fraction of sp³-hybridized carbons (Fsp3) is 0.520. The van der Waals surface area contributed by atoms with Crippen LogP contribution in [0.15, 0.2) is 30.5 Å². The SMILES string of the molecule is CCOC(=O)c1cn(-c2ccc(NC(C)=O)cc2)nc1N(C(=O)C1CCC(C)CC1)C(C)C. The Morgan fingerprint density at radius 3 is 2.33 bits per heavy atom. The summed E-state index contributed by atoms with van der Waals surface area (Å²) in [4.78, 5) is 39.3. The van der Waals surface area contributed by atoms with Crippen molar-refractivity contribution in [2.24, 2.45) is 11.8 Å². The highest BCUT2D eigenvalue weighted by molar-refractivity contribution is 6.02. The van der Waals surface area contributed by atoms with Gasteiger partial charge in [-0.05, 0) is 76.6 Å². The highest BCUT2D eigenvalue weighted by Crippen LogP contribution is 2.33. The van der Waals surface area contributed by atoms with Gasteiger partial charge in [-0.25, -0.2) is 9.48 Å². The highest BCUT2D eigenvalue weighted by Gasteiger charge is 2.34. The van der Waals surface area contributed by atoms with Crippen LogP contribution < -0.4 is 10.2 Å². The van der Waals surface area contributed by atoms with E-state index in [1.807, 2.05) is 13.8 Å². The maximum atomic E-state index is 13.6. The molecule has 33 heavy (non-hydrogen) atoms. The molecular weight excluding hydrogens is 420 g/mol. The van der Waals surface area contributed by atoms with Gasteiger partial charge in [-0.15, -0.1) is 5.10 Å². The Kier molecular flexibility index (Phi) is 7.89. The van der Waals surface area contributed by atoms with E-state index in [-0.39, 0.29) is 35.9 Å². The second-order valence-corrected chi connectivity index (χ2v) is 9.02. The molecule has 2 amide bonds. The normalized spacial score (nSPS) is 18.1. The lowest BCUT2D eigenvalue weighted by Gasteiger charge is -2.32. The first kappa shape index (κ1) is 24.5. The standard InChI is InChI=1S/C25H34N4O4/c1-6-33-25(32)22-15-28(21-13-11-20(12-14-21)26-18(5)30)27-23(22)29(16(2)3)24(31)19-9-7-17(4)8-10-19/h11-17,19H,6-10H2,1-5H3,(H,26,30). The number of nitrogens with one attached hydrogen (secondary N) is 1. The summed E-state index contributed by atoms with van der Waals surface area (Å²) in [5.41, 5.74) is 1.62. The summed E-state index contributed by atoms with van der Waals surface area (Å²) in [5, 5.41) is 7.39. The van der Waals surface area contributed by atoms with Crippen molar-refractivity contribution in [2.75, 3.05) is 16.8 Å². The number of amides is 2. The van der Waals surface area contributed by atoms with E-state index in [0.29, 0.717) is 23.1 Å². The van der Waals surface area contributed by atoms with Crippen LogP contribution in [0.2, 0.25) is 0 Å². The Balaban J connectivity index is 1.99. The van der Waals surface area contributed by atoms with Crippen LogP contribution in [0, 0.1) is 11.8 Å². The Hall–Kier alpha value is -3.16. The van der Waals surface area contributed by atoms with Crippen LogP contribution in [0.5, 0.6) is 0 Å². The van der Waals surface area contributed by atoms with Gasteiger partial charge in [0.1, 0.15) is 5.56 Å². The number of hydrogen-bond acceptors (Lipinski definition) is 5. The monoisotopic (exact) mass is 454 g/mol. The molecule has 0 aliphatic heterocycles. The fourth-order valence-corrected chi connectivity index (χ4v) is 4.24. The second kappa shape index (κ2) is 10.6. The molecule has 1 heterocycles. The van der Waals surface area contributed by atoms with Gasteiger partial charge in [0.2, 0.25) is 11.8 Å². The summed E-state index contributed by atoms with van der Waals surface area (Å²) in [7, 11) is 0. The second-order valence-electron chi connectivity index (χ2n) is 9.02. The highest BCUT2D eigenvalue weighted by atomic mass is 16.5. The van der Waals surface area contributed by atoms with Crippen molar-refractivity contribution in [1.82, 2.24) is 9.78 Å². The van der Waals surface area contributed by atoms with Gasteiger partial charge in [-0.1, -0.05) is 6.92 Å². The van der Waals surface area contributed by atoms with Gasteiger partial charge in [-0.2, -0.15) is 0 Å². The van der Waals surface area contributed by atoms with Gasteiger partial charge in [0.25, 0.3) is 0 Å². The summed E-state index contributed by atoms with van der Waals surface area (Å²) in [6.45, 7) is 9.50. The van der Waals surface area contributed by atoms with E-state index in [9.17, 15) is 14.4 Å². The van der Waals surface area contributed by atoms with E-state index in [2.05, 4.69) is 17.3 Å². The van der Waals surface area contributed by atoms with Gasteiger partial charge in [0.15, 0.2) is 5.82 Å². The number of carbonyl (C=O) groups excluding carboxylic acids is 3. The first-order valence-corrected chi connectivity index (χ1v) is 11.7. The summed E-state index contributed by atoms with van der Waals surface area (Å²) >= 11 is 0. The maximum absolute atomic E-state index is 13.6. The average Bonchev–Trinajstić information content (AvgIpc) is 3.19. The Labute approximate surface area is 195 Å². The molecule has 0 atom stereocenters. The smallest absolute Gasteiger partial charge is 0.343 e. The number of hydrogen-bond donors (Lipinski definition) is 1. The van der Waals surface area contributed by atoms with Crippen molar-refractivity contribution in [3.8, 4) is 5.69 Å². The minimum absolute atomic E-state index is 0.00806. The molecular formula is C25H34N4O4. The predicted molar refractivity (Wildman–Crippen MR) is 128 cm³/mol. The molecule has 1 aromatic carbocycles. The maximum Gasteiger partial charge on any atom is 0.343 e. The molecule has 1 aliphatic rings. The minimum atomic E-state index is -0.510. The van der Waals surface area contributed by atoms with Crippen molar-refractivity contribution in [3.63, 3.8) is 0 Å². The molecule has 8 heteroatoms. The molecule has 3 rings (SSSR count). The van der Waals surface area contributed by atoms with Crippen LogP contribution in [0.1, 0.15) is 70.7 Å². The molecule has 1 saturated carbocycles. The van der Waals surface area contributed by atoms with Crippen LogP contribution in [0.25, 0.3) is 5.69 Å². The van der Waals surface area contributed by atoms with Gasteiger partial charge < -0.3 is 10.1 Å². The van der Waals surface area contributed by atoms with Crippen LogP contribution >= 0.6 is 0 Å². The van der Waals surface area contributed by atoms with Gasteiger partial charge in [0, 0.05) is 30.8 Å². The number of benzene rings is 1. The van der Waals surface area contributed by atoms with E-state index in [1.54, 1.807) is 47.0 Å². The van der Waals surface area contributed by atoms with Gasteiger partial charge in [-0.3, -0.25) is 14.5 Å².